The molecule has 0 amide bonds. The summed E-state index contributed by atoms with van der Waals surface area (Å²) in [6.07, 6.45) is 0. The highest BCUT2D eigenvalue weighted by Gasteiger charge is 2.39. The summed E-state index contributed by atoms with van der Waals surface area (Å²) >= 11 is 0. The summed E-state index contributed by atoms with van der Waals surface area (Å²) in [6.45, 7) is 9.48. The molecule has 0 atom stereocenters. The van der Waals surface area contributed by atoms with Crippen LogP contribution in [0.15, 0.2) is 114 Å². The van der Waals surface area contributed by atoms with Gasteiger partial charge >= 0.3 is 0 Å². The average molecular weight is 527 g/mol. The van der Waals surface area contributed by atoms with Gasteiger partial charge in [0.1, 0.15) is 11.2 Å². The molecule has 0 bridgehead atoms. The van der Waals surface area contributed by atoms with Crippen molar-refractivity contribution in [2.45, 2.75) is 38.5 Å². The maximum absolute atomic E-state index is 6.10. The molecular weight excluding hydrogens is 496 g/mol. The van der Waals surface area contributed by atoms with E-state index in [-0.39, 0.29) is 10.8 Å². The van der Waals surface area contributed by atoms with Crippen molar-refractivity contribution in [1.82, 2.24) is 0 Å². The maximum Gasteiger partial charge on any atom is 0.135 e. The van der Waals surface area contributed by atoms with Crippen molar-refractivity contribution >= 4 is 32.7 Å². The van der Waals surface area contributed by atoms with Crippen LogP contribution in [0.2, 0.25) is 0 Å². The first-order chi connectivity index (χ1) is 19.8. The standard InChI is InChI=1S/C40H30O/c1-39(2)31-11-7-5-10-28(31)37-26-17-19-33-38(27(26)16-18-32(37)39)29-15-13-24(22-34(29)40(33,3)4)23-14-20-36-30(21-23)25-9-6-8-12-35(25)41-36/h5-22H,1-4H3. The van der Waals surface area contributed by atoms with E-state index in [0.29, 0.717) is 0 Å². The summed E-state index contributed by atoms with van der Waals surface area (Å²) < 4.78 is 6.10. The van der Waals surface area contributed by atoms with Gasteiger partial charge in [-0.2, -0.15) is 0 Å². The van der Waals surface area contributed by atoms with Crippen LogP contribution in [-0.2, 0) is 10.8 Å². The minimum Gasteiger partial charge on any atom is -0.456 e. The fourth-order valence-corrected chi connectivity index (χ4v) is 7.93. The minimum atomic E-state index is -0.0858. The van der Waals surface area contributed by atoms with Crippen molar-refractivity contribution < 1.29 is 4.42 Å². The van der Waals surface area contributed by atoms with Crippen LogP contribution in [0, 0.1) is 0 Å². The highest BCUT2D eigenvalue weighted by atomic mass is 16.3. The normalized spacial score (nSPS) is 15.7. The average Bonchev–Trinajstić information content (AvgIpc) is 3.56. The highest BCUT2D eigenvalue weighted by molar-refractivity contribution is 6.11. The molecule has 0 saturated heterocycles. The second-order valence-corrected chi connectivity index (χ2v) is 12.9. The van der Waals surface area contributed by atoms with Crippen LogP contribution < -0.4 is 0 Å². The first-order valence-electron chi connectivity index (χ1n) is 14.6. The van der Waals surface area contributed by atoms with Crippen LogP contribution in [-0.4, -0.2) is 0 Å². The summed E-state index contributed by atoms with van der Waals surface area (Å²) in [5, 5.41) is 5.06. The van der Waals surface area contributed by atoms with E-state index in [1.54, 1.807) is 0 Å². The number of fused-ring (bicyclic) bond motifs is 12. The molecule has 0 unspecified atom stereocenters. The van der Waals surface area contributed by atoms with E-state index < -0.39 is 0 Å². The molecular formula is C40H30O. The topological polar surface area (TPSA) is 13.1 Å². The first-order valence-corrected chi connectivity index (χ1v) is 14.6. The molecule has 1 aromatic heterocycles. The first kappa shape index (κ1) is 23.1. The lowest BCUT2D eigenvalue weighted by Gasteiger charge is -2.23. The van der Waals surface area contributed by atoms with E-state index >= 15 is 0 Å². The second kappa shape index (κ2) is 7.56. The minimum absolute atomic E-state index is 0.00657. The molecule has 196 valence electrons. The Morgan fingerprint density at radius 3 is 1.78 bits per heavy atom. The maximum atomic E-state index is 6.10. The van der Waals surface area contributed by atoms with Crippen LogP contribution >= 0.6 is 0 Å². The Kier molecular flexibility index (Phi) is 4.26. The Balaban J connectivity index is 1.25. The third kappa shape index (κ3) is 2.86. The van der Waals surface area contributed by atoms with Crippen LogP contribution in [0.5, 0.6) is 0 Å². The molecule has 1 heterocycles. The fraction of sp³-hybridized carbons (Fsp3) is 0.150. The molecule has 0 saturated carbocycles. The van der Waals surface area contributed by atoms with Crippen molar-refractivity contribution in [3.8, 4) is 33.4 Å². The summed E-state index contributed by atoms with van der Waals surface area (Å²) in [6, 6.07) is 40.5. The second-order valence-electron chi connectivity index (χ2n) is 12.9. The molecule has 0 spiro atoms. The Hall–Kier alpha value is -4.62. The van der Waals surface area contributed by atoms with Gasteiger partial charge in [-0.3, -0.25) is 0 Å². The number of benzene rings is 6. The van der Waals surface area contributed by atoms with Crippen LogP contribution in [0.25, 0.3) is 66.1 Å². The molecule has 6 aromatic carbocycles. The third-order valence-corrected chi connectivity index (χ3v) is 10.1. The van der Waals surface area contributed by atoms with Gasteiger partial charge in [-0.25, -0.2) is 0 Å². The van der Waals surface area contributed by atoms with E-state index in [4.69, 9.17) is 4.42 Å². The quantitative estimate of drug-likeness (QED) is 0.207. The Morgan fingerprint density at radius 2 is 1.00 bits per heavy atom. The molecule has 0 aliphatic heterocycles. The zero-order valence-corrected chi connectivity index (χ0v) is 23.8. The van der Waals surface area contributed by atoms with Crippen molar-refractivity contribution in [3.63, 3.8) is 0 Å². The molecule has 41 heavy (non-hydrogen) atoms. The van der Waals surface area contributed by atoms with Gasteiger partial charge in [-0.15, -0.1) is 0 Å². The lowest BCUT2D eigenvalue weighted by Crippen LogP contribution is -2.15. The summed E-state index contributed by atoms with van der Waals surface area (Å²) in [5.74, 6) is 0. The summed E-state index contributed by atoms with van der Waals surface area (Å²) in [7, 11) is 0. The van der Waals surface area contributed by atoms with Gasteiger partial charge in [0.2, 0.25) is 0 Å². The van der Waals surface area contributed by atoms with Crippen LogP contribution in [0.3, 0.4) is 0 Å². The zero-order valence-electron chi connectivity index (χ0n) is 23.8. The van der Waals surface area contributed by atoms with Gasteiger partial charge in [0.25, 0.3) is 0 Å². The predicted octanol–water partition coefficient (Wildman–Crippen LogP) is 11.0. The largest absolute Gasteiger partial charge is 0.456 e. The number of hydrogen-bond acceptors (Lipinski definition) is 1. The van der Waals surface area contributed by atoms with Crippen molar-refractivity contribution in [2.75, 3.05) is 0 Å². The molecule has 0 radical (unpaired) electrons. The lowest BCUT2D eigenvalue weighted by atomic mass is 9.80. The molecule has 1 nitrogen and oxygen atoms in total. The molecule has 0 N–H and O–H groups in total. The van der Waals surface area contributed by atoms with Crippen LogP contribution in [0.1, 0.15) is 49.9 Å². The van der Waals surface area contributed by atoms with E-state index in [1.807, 2.05) is 12.1 Å². The predicted molar refractivity (Wildman–Crippen MR) is 172 cm³/mol. The number of furan rings is 1. The number of hydrogen-bond donors (Lipinski definition) is 0. The lowest BCUT2D eigenvalue weighted by molar-refractivity contribution is 0.660. The molecule has 7 aromatic rings. The molecule has 0 fully saturated rings. The van der Waals surface area contributed by atoms with Gasteiger partial charge in [0, 0.05) is 21.6 Å². The van der Waals surface area contributed by atoms with E-state index in [2.05, 4.69) is 125 Å². The van der Waals surface area contributed by atoms with Gasteiger partial charge in [0.15, 0.2) is 0 Å². The van der Waals surface area contributed by atoms with Gasteiger partial charge < -0.3 is 4.42 Å². The Morgan fingerprint density at radius 1 is 0.415 bits per heavy atom. The molecule has 1 heteroatoms. The van der Waals surface area contributed by atoms with E-state index in [1.165, 1.54) is 77.2 Å². The van der Waals surface area contributed by atoms with Gasteiger partial charge in [-0.1, -0.05) is 113 Å². The highest BCUT2D eigenvalue weighted by Crippen LogP contribution is 2.56. The number of para-hydroxylation sites is 1. The summed E-state index contributed by atoms with van der Waals surface area (Å²) in [4.78, 5) is 0. The third-order valence-electron chi connectivity index (χ3n) is 10.1. The van der Waals surface area contributed by atoms with E-state index in [9.17, 15) is 0 Å². The smallest absolute Gasteiger partial charge is 0.135 e. The zero-order chi connectivity index (χ0) is 27.7. The molecule has 9 rings (SSSR count). The van der Waals surface area contributed by atoms with Crippen molar-refractivity contribution in [2.24, 2.45) is 0 Å². The van der Waals surface area contributed by atoms with Gasteiger partial charge in [0.05, 0.1) is 0 Å². The van der Waals surface area contributed by atoms with Crippen molar-refractivity contribution in [3.05, 3.63) is 131 Å². The van der Waals surface area contributed by atoms with Gasteiger partial charge in [-0.05, 0) is 90.7 Å². The number of rotatable bonds is 1. The molecule has 2 aliphatic carbocycles. The Labute approximate surface area is 240 Å². The monoisotopic (exact) mass is 526 g/mol. The Bertz CT molecular complexity index is 2260. The SMILES string of the molecule is CC1(C)c2ccccc2-c2c1ccc1c3c(ccc21)C(C)(C)c1cc(-c2ccc4oc5ccccc5c4c2)ccc1-3. The van der Waals surface area contributed by atoms with Crippen molar-refractivity contribution in [1.29, 1.82) is 0 Å². The molecule has 2 aliphatic rings. The van der Waals surface area contributed by atoms with Crippen LogP contribution in [0.4, 0.5) is 0 Å². The van der Waals surface area contributed by atoms with E-state index in [0.717, 1.165) is 11.2 Å². The summed E-state index contributed by atoms with van der Waals surface area (Å²) in [5.41, 5.74) is 15.5. The fourth-order valence-electron chi connectivity index (χ4n) is 7.93.